The van der Waals surface area contributed by atoms with Gasteiger partial charge in [0.15, 0.2) is 11.0 Å². The van der Waals surface area contributed by atoms with Crippen LogP contribution in [-0.4, -0.2) is 41.3 Å². The molecule has 1 aromatic carbocycles. The quantitative estimate of drug-likeness (QED) is 0.638. The molecule has 0 amide bonds. The molecule has 0 spiro atoms. The average Bonchev–Trinajstić information content (AvgIpc) is 2.56. The van der Waals surface area contributed by atoms with Crippen LogP contribution < -0.4 is 9.80 Å². The molecular formula is C14H14ClN5O2. The van der Waals surface area contributed by atoms with E-state index in [0.29, 0.717) is 5.15 Å². The van der Waals surface area contributed by atoms with Crippen LogP contribution in [0.4, 0.5) is 17.2 Å². The van der Waals surface area contributed by atoms with Gasteiger partial charge in [0.2, 0.25) is 0 Å². The van der Waals surface area contributed by atoms with Gasteiger partial charge in [-0.15, -0.1) is 10.2 Å². The number of rotatable bonds is 3. The van der Waals surface area contributed by atoms with E-state index in [0.717, 1.165) is 37.7 Å². The molecule has 22 heavy (non-hydrogen) atoms. The van der Waals surface area contributed by atoms with Gasteiger partial charge in [0.05, 0.1) is 4.92 Å². The number of anilines is 2. The summed E-state index contributed by atoms with van der Waals surface area (Å²) in [7, 11) is 0. The van der Waals surface area contributed by atoms with Gasteiger partial charge in [0, 0.05) is 44.0 Å². The molecule has 7 nitrogen and oxygen atoms in total. The summed E-state index contributed by atoms with van der Waals surface area (Å²) in [5, 5.41) is 19.0. The van der Waals surface area contributed by atoms with Crippen molar-refractivity contribution >= 4 is 28.8 Å². The lowest BCUT2D eigenvalue weighted by molar-refractivity contribution is -0.384. The summed E-state index contributed by atoms with van der Waals surface area (Å²) in [5.74, 6) is 0.813. The normalized spacial score (nSPS) is 15.0. The highest BCUT2D eigenvalue weighted by Crippen LogP contribution is 2.22. The SMILES string of the molecule is O=[N+]([O-])c1ccc(N2CCN(c3ccc(Cl)nn3)CC2)cc1. The standard InChI is InChI=1S/C14H14ClN5O2/c15-13-5-6-14(17-16-13)19-9-7-18(8-10-19)11-1-3-12(4-2-11)20(21)22/h1-6H,7-10H2. The van der Waals surface area contributed by atoms with E-state index in [1.807, 2.05) is 6.07 Å². The third-order valence-corrected chi connectivity index (χ3v) is 3.85. The molecule has 0 unspecified atom stereocenters. The minimum Gasteiger partial charge on any atom is -0.368 e. The summed E-state index contributed by atoms with van der Waals surface area (Å²) in [4.78, 5) is 14.6. The Morgan fingerprint density at radius 2 is 1.59 bits per heavy atom. The van der Waals surface area contributed by atoms with Gasteiger partial charge < -0.3 is 9.80 Å². The minimum absolute atomic E-state index is 0.110. The molecule has 3 rings (SSSR count). The Labute approximate surface area is 132 Å². The fraction of sp³-hybridized carbons (Fsp3) is 0.286. The Kier molecular flexibility index (Phi) is 4.06. The van der Waals surface area contributed by atoms with Gasteiger partial charge in [0.1, 0.15) is 0 Å². The van der Waals surface area contributed by atoms with Crippen LogP contribution in [0.3, 0.4) is 0 Å². The molecule has 0 saturated carbocycles. The summed E-state index contributed by atoms with van der Waals surface area (Å²) >= 11 is 5.74. The van der Waals surface area contributed by atoms with Crippen molar-refractivity contribution < 1.29 is 4.92 Å². The predicted octanol–water partition coefficient (Wildman–Crippen LogP) is 2.36. The van der Waals surface area contributed by atoms with E-state index in [1.165, 1.54) is 12.1 Å². The highest BCUT2D eigenvalue weighted by atomic mass is 35.5. The van der Waals surface area contributed by atoms with E-state index >= 15 is 0 Å². The van der Waals surface area contributed by atoms with Crippen LogP contribution in [0.1, 0.15) is 0 Å². The topological polar surface area (TPSA) is 75.4 Å². The van der Waals surface area contributed by atoms with Gasteiger partial charge in [-0.3, -0.25) is 10.1 Å². The first-order valence-electron chi connectivity index (χ1n) is 6.87. The second kappa shape index (κ2) is 6.15. The van der Waals surface area contributed by atoms with E-state index in [-0.39, 0.29) is 10.6 Å². The van der Waals surface area contributed by atoms with Crippen molar-refractivity contribution in [2.45, 2.75) is 0 Å². The summed E-state index contributed by atoms with van der Waals surface area (Å²) in [6, 6.07) is 10.2. The molecule has 0 bridgehead atoms. The molecule has 1 aromatic heterocycles. The van der Waals surface area contributed by atoms with E-state index in [2.05, 4.69) is 20.0 Å². The van der Waals surface area contributed by atoms with Gasteiger partial charge >= 0.3 is 0 Å². The van der Waals surface area contributed by atoms with Crippen LogP contribution >= 0.6 is 11.6 Å². The lowest BCUT2D eigenvalue weighted by Gasteiger charge is -2.36. The number of nitrogens with zero attached hydrogens (tertiary/aromatic N) is 5. The summed E-state index contributed by atoms with van der Waals surface area (Å²) in [6.07, 6.45) is 0. The maximum Gasteiger partial charge on any atom is 0.269 e. The fourth-order valence-corrected chi connectivity index (χ4v) is 2.56. The monoisotopic (exact) mass is 319 g/mol. The Balaban J connectivity index is 1.63. The first-order chi connectivity index (χ1) is 10.6. The van der Waals surface area contributed by atoms with Crippen molar-refractivity contribution in [2.75, 3.05) is 36.0 Å². The molecule has 1 aliphatic heterocycles. The third-order valence-electron chi connectivity index (χ3n) is 3.65. The minimum atomic E-state index is -0.388. The third kappa shape index (κ3) is 3.09. The zero-order chi connectivity index (χ0) is 15.5. The van der Waals surface area contributed by atoms with Gasteiger partial charge in [-0.1, -0.05) is 11.6 Å². The Bertz CT molecular complexity index is 654. The van der Waals surface area contributed by atoms with Gasteiger partial charge in [0.25, 0.3) is 5.69 Å². The fourth-order valence-electron chi connectivity index (χ4n) is 2.46. The molecule has 0 aliphatic carbocycles. The highest BCUT2D eigenvalue weighted by Gasteiger charge is 2.19. The van der Waals surface area contributed by atoms with Crippen molar-refractivity contribution in [2.24, 2.45) is 0 Å². The summed E-state index contributed by atoms with van der Waals surface area (Å²) < 4.78 is 0. The smallest absolute Gasteiger partial charge is 0.269 e. The number of hydrogen-bond donors (Lipinski definition) is 0. The van der Waals surface area contributed by atoms with Crippen LogP contribution in [0.25, 0.3) is 0 Å². The summed E-state index contributed by atoms with van der Waals surface area (Å²) in [5.41, 5.74) is 1.10. The first kappa shape index (κ1) is 14.5. The van der Waals surface area contributed by atoms with Crippen LogP contribution in [0.2, 0.25) is 5.15 Å². The van der Waals surface area contributed by atoms with Crippen molar-refractivity contribution in [3.63, 3.8) is 0 Å². The first-order valence-corrected chi connectivity index (χ1v) is 7.25. The molecule has 0 atom stereocenters. The zero-order valence-corrected chi connectivity index (χ0v) is 12.5. The maximum atomic E-state index is 10.7. The highest BCUT2D eigenvalue weighted by molar-refractivity contribution is 6.29. The molecule has 1 fully saturated rings. The molecular weight excluding hydrogens is 306 g/mol. The van der Waals surface area contributed by atoms with Gasteiger partial charge in [-0.2, -0.15) is 0 Å². The summed E-state index contributed by atoms with van der Waals surface area (Å²) in [6.45, 7) is 3.27. The number of nitro benzene ring substituents is 1. The van der Waals surface area contributed by atoms with Crippen molar-refractivity contribution in [1.82, 2.24) is 10.2 Å². The molecule has 1 saturated heterocycles. The largest absolute Gasteiger partial charge is 0.368 e. The maximum absolute atomic E-state index is 10.7. The number of aromatic nitrogens is 2. The van der Waals surface area contributed by atoms with E-state index in [4.69, 9.17) is 11.6 Å². The van der Waals surface area contributed by atoms with Crippen LogP contribution in [-0.2, 0) is 0 Å². The lowest BCUT2D eigenvalue weighted by atomic mass is 10.2. The zero-order valence-electron chi connectivity index (χ0n) is 11.7. The number of hydrogen-bond acceptors (Lipinski definition) is 6. The van der Waals surface area contributed by atoms with Gasteiger partial charge in [-0.05, 0) is 24.3 Å². The molecule has 2 heterocycles. The van der Waals surface area contributed by atoms with E-state index in [1.54, 1.807) is 18.2 Å². The number of non-ortho nitro benzene ring substituents is 1. The average molecular weight is 320 g/mol. The number of halogens is 1. The van der Waals surface area contributed by atoms with Crippen LogP contribution in [0, 0.1) is 10.1 Å². The molecule has 2 aromatic rings. The number of nitro groups is 1. The van der Waals surface area contributed by atoms with Gasteiger partial charge in [-0.25, -0.2) is 0 Å². The molecule has 0 radical (unpaired) electrons. The molecule has 114 valence electrons. The number of piperazine rings is 1. The van der Waals surface area contributed by atoms with E-state index in [9.17, 15) is 10.1 Å². The lowest BCUT2D eigenvalue weighted by Crippen LogP contribution is -2.46. The molecule has 0 N–H and O–H groups in total. The Morgan fingerprint density at radius 1 is 0.955 bits per heavy atom. The second-order valence-electron chi connectivity index (χ2n) is 4.96. The van der Waals surface area contributed by atoms with Crippen molar-refractivity contribution in [3.8, 4) is 0 Å². The van der Waals surface area contributed by atoms with Crippen LogP contribution in [0.5, 0.6) is 0 Å². The predicted molar refractivity (Wildman–Crippen MR) is 84.6 cm³/mol. The Morgan fingerprint density at radius 3 is 2.14 bits per heavy atom. The number of benzene rings is 1. The Hall–Kier alpha value is -2.41. The molecule has 1 aliphatic rings. The molecule has 8 heteroatoms. The van der Waals surface area contributed by atoms with Crippen molar-refractivity contribution in [1.29, 1.82) is 0 Å². The van der Waals surface area contributed by atoms with E-state index < -0.39 is 0 Å². The second-order valence-corrected chi connectivity index (χ2v) is 5.35. The van der Waals surface area contributed by atoms with Crippen molar-refractivity contribution in [3.05, 3.63) is 51.7 Å². The van der Waals surface area contributed by atoms with Crippen LogP contribution in [0.15, 0.2) is 36.4 Å².